The third-order valence-electron chi connectivity index (χ3n) is 4.19. The smallest absolute Gasteiger partial charge is 0.406 e. The first-order chi connectivity index (χ1) is 15.6. The van der Waals surface area contributed by atoms with Crippen LogP contribution in [0.25, 0.3) is 6.08 Å². The molecular formula is C22H18F3N3O4S. The number of carbonyl (C=O) groups excluding carboxylic acids is 1. The lowest BCUT2D eigenvalue weighted by Crippen LogP contribution is -2.23. The normalized spacial score (nSPS) is 12.0. The van der Waals surface area contributed by atoms with Gasteiger partial charge in [0.2, 0.25) is 15.9 Å². The van der Waals surface area contributed by atoms with Crippen molar-refractivity contribution in [3.8, 4) is 5.75 Å². The van der Waals surface area contributed by atoms with Gasteiger partial charge in [-0.3, -0.25) is 9.78 Å². The number of sulfonamides is 1. The number of halogens is 3. The average Bonchev–Trinajstić information content (AvgIpc) is 2.77. The maximum absolute atomic E-state index is 12.5. The number of hydrogen-bond acceptors (Lipinski definition) is 5. The summed E-state index contributed by atoms with van der Waals surface area (Å²) in [5, 5.41) is 2.62. The zero-order chi connectivity index (χ0) is 23.9. The lowest BCUT2D eigenvalue weighted by molar-refractivity contribution is -0.274. The third-order valence-corrected chi connectivity index (χ3v) is 5.61. The molecule has 7 nitrogen and oxygen atoms in total. The first-order valence-electron chi connectivity index (χ1n) is 9.44. The van der Waals surface area contributed by atoms with Gasteiger partial charge in [0, 0.05) is 30.7 Å². The molecule has 0 bridgehead atoms. The van der Waals surface area contributed by atoms with Crippen LogP contribution in [0.3, 0.4) is 0 Å². The first-order valence-corrected chi connectivity index (χ1v) is 10.9. The van der Waals surface area contributed by atoms with Crippen molar-refractivity contribution in [3.63, 3.8) is 0 Å². The summed E-state index contributed by atoms with van der Waals surface area (Å²) >= 11 is 0. The zero-order valence-corrected chi connectivity index (χ0v) is 17.7. The Kier molecular flexibility index (Phi) is 7.46. The summed E-state index contributed by atoms with van der Waals surface area (Å²) in [6.45, 7) is -0.132. The Hall–Kier alpha value is -3.70. The summed E-state index contributed by atoms with van der Waals surface area (Å²) < 4.78 is 67.7. The van der Waals surface area contributed by atoms with Crippen LogP contribution in [0.15, 0.2) is 84.0 Å². The van der Waals surface area contributed by atoms with Gasteiger partial charge in [0.05, 0.1) is 4.90 Å². The molecule has 0 aliphatic heterocycles. The molecule has 1 heterocycles. The molecule has 0 saturated heterocycles. The molecule has 0 aliphatic rings. The standard InChI is InChI=1S/C22H18F3N3O4S/c23-22(24,25)32-19-6-1-17(2-7-19)15-27-33(30,31)20-8-4-18(5-9-20)28-21(29)10-3-16-11-13-26-14-12-16/h1-14,27H,15H2,(H,28,29)/b10-3+. The van der Waals surface area contributed by atoms with Crippen LogP contribution in [0, 0.1) is 0 Å². The van der Waals surface area contributed by atoms with Gasteiger partial charge in [0.25, 0.3) is 0 Å². The van der Waals surface area contributed by atoms with Gasteiger partial charge in [-0.15, -0.1) is 13.2 Å². The summed E-state index contributed by atoms with van der Waals surface area (Å²) in [6, 6.07) is 13.8. The van der Waals surface area contributed by atoms with E-state index in [0.717, 1.165) is 17.7 Å². The number of nitrogens with one attached hydrogen (secondary N) is 2. The van der Waals surface area contributed by atoms with E-state index in [2.05, 4.69) is 19.8 Å². The van der Waals surface area contributed by atoms with E-state index in [-0.39, 0.29) is 11.4 Å². The molecule has 0 radical (unpaired) electrons. The summed E-state index contributed by atoms with van der Waals surface area (Å²) in [4.78, 5) is 15.9. The van der Waals surface area contributed by atoms with E-state index < -0.39 is 28.0 Å². The molecule has 2 N–H and O–H groups in total. The largest absolute Gasteiger partial charge is 0.573 e. The number of pyridine rings is 1. The van der Waals surface area contributed by atoms with E-state index in [0.29, 0.717) is 11.3 Å². The number of hydrogen-bond donors (Lipinski definition) is 2. The van der Waals surface area contributed by atoms with Crippen LogP contribution < -0.4 is 14.8 Å². The molecule has 3 aromatic rings. The van der Waals surface area contributed by atoms with E-state index in [1.165, 1.54) is 42.5 Å². The topological polar surface area (TPSA) is 97.4 Å². The maximum Gasteiger partial charge on any atom is 0.573 e. The molecule has 1 aromatic heterocycles. The lowest BCUT2D eigenvalue weighted by atomic mass is 10.2. The zero-order valence-electron chi connectivity index (χ0n) is 16.9. The summed E-state index contributed by atoms with van der Waals surface area (Å²) in [6.07, 6.45) is 1.35. The van der Waals surface area contributed by atoms with Crippen molar-refractivity contribution in [2.24, 2.45) is 0 Å². The molecule has 172 valence electrons. The van der Waals surface area contributed by atoms with Gasteiger partial charge in [0.15, 0.2) is 0 Å². The van der Waals surface area contributed by atoms with E-state index in [1.807, 2.05) is 0 Å². The third kappa shape index (κ3) is 7.74. The quantitative estimate of drug-likeness (QED) is 0.476. The van der Waals surface area contributed by atoms with Crippen LogP contribution in [0.2, 0.25) is 0 Å². The van der Waals surface area contributed by atoms with Crippen molar-refractivity contribution < 1.29 is 31.1 Å². The van der Waals surface area contributed by atoms with Gasteiger partial charge in [-0.05, 0) is 65.7 Å². The van der Waals surface area contributed by atoms with Crippen LogP contribution in [0.5, 0.6) is 5.75 Å². The van der Waals surface area contributed by atoms with E-state index >= 15 is 0 Å². The predicted octanol–water partition coefficient (Wildman–Crippen LogP) is 4.11. The minimum atomic E-state index is -4.80. The van der Waals surface area contributed by atoms with Crippen molar-refractivity contribution in [1.29, 1.82) is 0 Å². The molecule has 3 rings (SSSR count). The summed E-state index contributed by atoms with van der Waals surface area (Å²) in [5.74, 6) is -0.791. The van der Waals surface area contributed by atoms with Gasteiger partial charge in [-0.1, -0.05) is 12.1 Å². The number of alkyl halides is 3. The fourth-order valence-corrected chi connectivity index (χ4v) is 3.64. The Labute approximate surface area is 188 Å². The molecule has 0 fully saturated rings. The second kappa shape index (κ2) is 10.3. The summed E-state index contributed by atoms with van der Waals surface area (Å²) in [7, 11) is -3.88. The van der Waals surface area contributed by atoms with Gasteiger partial charge < -0.3 is 10.1 Å². The number of amides is 1. The molecular weight excluding hydrogens is 459 g/mol. The number of nitrogens with zero attached hydrogens (tertiary/aromatic N) is 1. The van der Waals surface area contributed by atoms with Crippen LogP contribution >= 0.6 is 0 Å². The number of rotatable bonds is 8. The van der Waals surface area contributed by atoms with Crippen molar-refractivity contribution in [2.45, 2.75) is 17.8 Å². The minimum Gasteiger partial charge on any atom is -0.406 e. The number of anilines is 1. The highest BCUT2D eigenvalue weighted by molar-refractivity contribution is 7.89. The van der Waals surface area contributed by atoms with Crippen LogP contribution in [-0.2, 0) is 21.4 Å². The molecule has 0 atom stereocenters. The maximum atomic E-state index is 12.5. The SMILES string of the molecule is O=C(/C=C/c1ccncc1)Nc1ccc(S(=O)(=O)NCc2ccc(OC(F)(F)F)cc2)cc1. The Balaban J connectivity index is 1.55. The van der Waals surface area contributed by atoms with Crippen molar-refractivity contribution >= 4 is 27.7 Å². The molecule has 2 aromatic carbocycles. The van der Waals surface area contributed by atoms with Gasteiger partial charge in [-0.2, -0.15) is 0 Å². The highest BCUT2D eigenvalue weighted by Crippen LogP contribution is 2.23. The number of benzene rings is 2. The van der Waals surface area contributed by atoms with Gasteiger partial charge >= 0.3 is 6.36 Å². The minimum absolute atomic E-state index is 0.0372. The van der Waals surface area contributed by atoms with E-state index in [9.17, 15) is 26.4 Å². The fraction of sp³-hybridized carbons (Fsp3) is 0.0909. The highest BCUT2D eigenvalue weighted by atomic mass is 32.2. The average molecular weight is 477 g/mol. The first kappa shape index (κ1) is 24.0. The lowest BCUT2D eigenvalue weighted by Gasteiger charge is -2.10. The Morgan fingerprint density at radius 1 is 0.970 bits per heavy atom. The number of aromatic nitrogens is 1. The second-order valence-corrected chi connectivity index (χ2v) is 8.41. The van der Waals surface area contributed by atoms with Crippen molar-refractivity contribution in [1.82, 2.24) is 9.71 Å². The van der Waals surface area contributed by atoms with Crippen LogP contribution in [0.1, 0.15) is 11.1 Å². The van der Waals surface area contributed by atoms with Crippen LogP contribution in [-0.4, -0.2) is 25.7 Å². The Morgan fingerprint density at radius 2 is 1.61 bits per heavy atom. The van der Waals surface area contributed by atoms with Gasteiger partial charge in [-0.25, -0.2) is 13.1 Å². The molecule has 0 spiro atoms. The summed E-state index contributed by atoms with van der Waals surface area (Å²) in [5.41, 5.74) is 1.65. The van der Waals surface area contributed by atoms with Crippen molar-refractivity contribution in [2.75, 3.05) is 5.32 Å². The van der Waals surface area contributed by atoms with Crippen LogP contribution in [0.4, 0.5) is 18.9 Å². The highest BCUT2D eigenvalue weighted by Gasteiger charge is 2.30. The monoisotopic (exact) mass is 477 g/mol. The van der Waals surface area contributed by atoms with Gasteiger partial charge in [0.1, 0.15) is 5.75 Å². The van der Waals surface area contributed by atoms with E-state index in [4.69, 9.17) is 0 Å². The second-order valence-electron chi connectivity index (χ2n) is 6.64. The molecule has 0 saturated carbocycles. The number of ether oxygens (including phenoxy) is 1. The molecule has 33 heavy (non-hydrogen) atoms. The fourth-order valence-electron chi connectivity index (χ4n) is 2.62. The molecule has 1 amide bonds. The molecule has 11 heteroatoms. The van der Waals surface area contributed by atoms with E-state index in [1.54, 1.807) is 30.6 Å². The number of carbonyl (C=O) groups is 1. The van der Waals surface area contributed by atoms with Crippen molar-refractivity contribution in [3.05, 3.63) is 90.3 Å². The Bertz CT molecular complexity index is 1210. The predicted molar refractivity (Wildman–Crippen MR) is 115 cm³/mol. The Morgan fingerprint density at radius 3 is 2.21 bits per heavy atom. The molecule has 0 unspecified atom stereocenters. The molecule has 0 aliphatic carbocycles.